The number of aryl methyl sites for hydroxylation is 3. The highest BCUT2D eigenvalue weighted by Gasteiger charge is 2.12. The van der Waals surface area contributed by atoms with Gasteiger partial charge < -0.3 is 9.55 Å². The molecule has 4 nitrogen and oxygen atoms in total. The Labute approximate surface area is 117 Å². The van der Waals surface area contributed by atoms with E-state index in [0.29, 0.717) is 5.69 Å². The molecule has 0 atom stereocenters. The Morgan fingerprint density at radius 3 is 2.90 bits per heavy atom. The third-order valence-corrected chi connectivity index (χ3v) is 3.80. The Hall–Kier alpha value is -2.54. The predicted octanol–water partition coefficient (Wildman–Crippen LogP) is 2.87. The first kappa shape index (κ1) is 12.5. The summed E-state index contributed by atoms with van der Waals surface area (Å²) >= 11 is 0. The molecule has 0 spiro atoms. The molecule has 0 aliphatic heterocycles. The number of hydrogen-bond acceptors (Lipinski definition) is 2. The zero-order chi connectivity index (χ0) is 14.1. The van der Waals surface area contributed by atoms with Crippen molar-refractivity contribution >= 4 is 10.9 Å². The van der Waals surface area contributed by atoms with Crippen LogP contribution >= 0.6 is 0 Å². The number of H-pyrrole nitrogens is 1. The van der Waals surface area contributed by atoms with Gasteiger partial charge >= 0.3 is 0 Å². The number of nitriles is 1. The molecule has 0 amide bonds. The maximum atomic E-state index is 9.22. The molecule has 20 heavy (non-hydrogen) atoms. The van der Waals surface area contributed by atoms with Crippen LogP contribution in [0.2, 0.25) is 0 Å². The van der Waals surface area contributed by atoms with E-state index in [-0.39, 0.29) is 0 Å². The molecule has 0 fully saturated rings. The average molecular weight is 264 g/mol. The number of rotatable bonds is 3. The van der Waals surface area contributed by atoms with Crippen LogP contribution in [-0.4, -0.2) is 14.5 Å². The van der Waals surface area contributed by atoms with Gasteiger partial charge in [0.1, 0.15) is 17.6 Å². The van der Waals surface area contributed by atoms with Gasteiger partial charge in [0, 0.05) is 24.1 Å². The van der Waals surface area contributed by atoms with Gasteiger partial charge in [-0.2, -0.15) is 5.26 Å². The van der Waals surface area contributed by atoms with Gasteiger partial charge in [-0.1, -0.05) is 18.2 Å². The Balaban J connectivity index is 1.87. The molecule has 1 aromatic carbocycles. The highest BCUT2D eigenvalue weighted by atomic mass is 15.1. The first-order valence-corrected chi connectivity index (χ1v) is 6.68. The summed E-state index contributed by atoms with van der Waals surface area (Å²) in [5.74, 6) is 0.885. The lowest BCUT2D eigenvalue weighted by Gasteiger charge is -1.99. The third-order valence-electron chi connectivity index (χ3n) is 3.80. The van der Waals surface area contributed by atoms with Gasteiger partial charge in [-0.05, 0) is 31.4 Å². The van der Waals surface area contributed by atoms with Crippen LogP contribution in [0.4, 0.5) is 0 Å². The van der Waals surface area contributed by atoms with Crippen molar-refractivity contribution in [1.82, 2.24) is 14.5 Å². The average Bonchev–Trinajstić information content (AvgIpc) is 2.99. The van der Waals surface area contributed by atoms with Crippen LogP contribution < -0.4 is 0 Å². The van der Waals surface area contributed by atoms with Crippen LogP contribution in [0.3, 0.4) is 0 Å². The number of hydrogen-bond donors (Lipinski definition) is 1. The topological polar surface area (TPSA) is 57.4 Å². The molecule has 0 saturated heterocycles. The molecule has 0 aliphatic rings. The molecule has 4 heteroatoms. The van der Waals surface area contributed by atoms with E-state index in [0.717, 1.165) is 29.9 Å². The van der Waals surface area contributed by atoms with Crippen LogP contribution in [0.5, 0.6) is 0 Å². The maximum Gasteiger partial charge on any atom is 0.143 e. The summed E-state index contributed by atoms with van der Waals surface area (Å²) in [4.78, 5) is 7.77. The smallest absolute Gasteiger partial charge is 0.143 e. The molecule has 2 aromatic heterocycles. The Morgan fingerprint density at radius 1 is 1.30 bits per heavy atom. The second kappa shape index (κ2) is 4.86. The van der Waals surface area contributed by atoms with Crippen LogP contribution in [0.25, 0.3) is 10.9 Å². The van der Waals surface area contributed by atoms with E-state index >= 15 is 0 Å². The Morgan fingerprint density at radius 2 is 2.10 bits per heavy atom. The number of nitrogens with zero attached hydrogens (tertiary/aromatic N) is 3. The van der Waals surface area contributed by atoms with Crippen molar-refractivity contribution in [1.29, 1.82) is 5.26 Å². The second-order valence-electron chi connectivity index (χ2n) is 4.98. The molecule has 0 aliphatic carbocycles. The summed E-state index contributed by atoms with van der Waals surface area (Å²) in [6.45, 7) is 1.93. The number of aromatic nitrogens is 3. The summed E-state index contributed by atoms with van der Waals surface area (Å²) < 4.78 is 1.85. The molecule has 1 N–H and O–H groups in total. The molecular weight excluding hydrogens is 248 g/mol. The van der Waals surface area contributed by atoms with Gasteiger partial charge in [0.2, 0.25) is 0 Å². The molecular formula is C16H16N4. The first-order chi connectivity index (χ1) is 9.70. The number of aromatic amines is 1. The second-order valence-corrected chi connectivity index (χ2v) is 4.98. The summed E-state index contributed by atoms with van der Waals surface area (Å²) in [5, 5.41) is 10.5. The normalized spacial score (nSPS) is 10.8. The van der Waals surface area contributed by atoms with Crippen molar-refractivity contribution in [2.45, 2.75) is 19.8 Å². The lowest BCUT2D eigenvalue weighted by Crippen LogP contribution is -1.97. The molecule has 3 rings (SSSR count). The Bertz CT molecular complexity index is 802. The highest BCUT2D eigenvalue weighted by molar-refractivity contribution is 5.83. The zero-order valence-corrected chi connectivity index (χ0v) is 11.6. The van der Waals surface area contributed by atoms with E-state index in [1.165, 1.54) is 10.9 Å². The van der Waals surface area contributed by atoms with Crippen molar-refractivity contribution in [2.75, 3.05) is 0 Å². The predicted molar refractivity (Wildman–Crippen MR) is 78.4 cm³/mol. The standard InChI is InChI=1S/C16H16N4/c1-11-19-15(16(9-17)20(11)2)8-7-12-10-18-14-6-4-3-5-13(12)14/h3-6,10,18H,7-8H2,1-2H3. The van der Waals surface area contributed by atoms with Gasteiger partial charge in [0.15, 0.2) is 0 Å². The van der Waals surface area contributed by atoms with Crippen molar-refractivity contribution in [2.24, 2.45) is 7.05 Å². The molecule has 3 aromatic rings. The zero-order valence-electron chi connectivity index (χ0n) is 11.6. The minimum absolute atomic E-state index is 0.669. The van der Waals surface area contributed by atoms with Gasteiger partial charge in [-0.15, -0.1) is 0 Å². The molecule has 0 unspecified atom stereocenters. The number of nitrogens with one attached hydrogen (secondary N) is 1. The van der Waals surface area contributed by atoms with Gasteiger partial charge in [0.05, 0.1) is 5.69 Å². The quantitative estimate of drug-likeness (QED) is 0.790. The molecule has 2 heterocycles. The molecule has 0 radical (unpaired) electrons. The van der Waals surface area contributed by atoms with E-state index < -0.39 is 0 Å². The first-order valence-electron chi connectivity index (χ1n) is 6.68. The third kappa shape index (κ3) is 1.97. The van der Waals surface area contributed by atoms with Crippen molar-refractivity contribution in [3.63, 3.8) is 0 Å². The lowest BCUT2D eigenvalue weighted by molar-refractivity contribution is 0.844. The fourth-order valence-corrected chi connectivity index (χ4v) is 2.58. The number of fused-ring (bicyclic) bond motifs is 1. The van der Waals surface area contributed by atoms with E-state index in [1.54, 1.807) is 0 Å². The van der Waals surface area contributed by atoms with E-state index in [1.807, 2.05) is 36.9 Å². The van der Waals surface area contributed by atoms with Crippen molar-refractivity contribution in [3.05, 3.63) is 53.2 Å². The SMILES string of the molecule is Cc1nc(CCc2c[nH]c3ccccc23)c(C#N)n1C. The molecule has 100 valence electrons. The number of para-hydroxylation sites is 1. The van der Waals surface area contributed by atoms with Gasteiger partial charge in [0.25, 0.3) is 0 Å². The maximum absolute atomic E-state index is 9.22. The van der Waals surface area contributed by atoms with Crippen LogP contribution in [-0.2, 0) is 19.9 Å². The van der Waals surface area contributed by atoms with Gasteiger partial charge in [-0.25, -0.2) is 4.98 Å². The monoisotopic (exact) mass is 264 g/mol. The van der Waals surface area contributed by atoms with Crippen LogP contribution in [0, 0.1) is 18.3 Å². The molecule has 0 bridgehead atoms. The summed E-state index contributed by atoms with van der Waals surface area (Å²) in [7, 11) is 1.88. The fourth-order valence-electron chi connectivity index (χ4n) is 2.58. The lowest BCUT2D eigenvalue weighted by atomic mass is 10.1. The van der Waals surface area contributed by atoms with Crippen LogP contribution in [0.15, 0.2) is 30.5 Å². The minimum Gasteiger partial charge on any atom is -0.361 e. The number of imidazole rings is 1. The fraction of sp³-hybridized carbons (Fsp3) is 0.250. The number of benzene rings is 1. The van der Waals surface area contributed by atoms with Gasteiger partial charge in [-0.3, -0.25) is 0 Å². The van der Waals surface area contributed by atoms with Crippen molar-refractivity contribution < 1.29 is 0 Å². The largest absolute Gasteiger partial charge is 0.361 e. The van der Waals surface area contributed by atoms with E-state index in [9.17, 15) is 5.26 Å². The summed E-state index contributed by atoms with van der Waals surface area (Å²) in [6, 6.07) is 10.5. The van der Waals surface area contributed by atoms with Crippen molar-refractivity contribution in [3.8, 4) is 6.07 Å². The minimum atomic E-state index is 0.669. The summed E-state index contributed by atoms with van der Waals surface area (Å²) in [6.07, 6.45) is 3.72. The molecule has 0 saturated carbocycles. The van der Waals surface area contributed by atoms with E-state index in [4.69, 9.17) is 0 Å². The van der Waals surface area contributed by atoms with E-state index in [2.05, 4.69) is 28.2 Å². The highest BCUT2D eigenvalue weighted by Crippen LogP contribution is 2.20. The Kier molecular flexibility index (Phi) is 3.03. The van der Waals surface area contributed by atoms with Crippen LogP contribution in [0.1, 0.15) is 22.8 Å². The summed E-state index contributed by atoms with van der Waals surface area (Å²) in [5.41, 5.74) is 3.98.